The van der Waals surface area contributed by atoms with Gasteiger partial charge in [0.05, 0.1) is 39.0 Å². The second kappa shape index (κ2) is 18.1. The van der Waals surface area contributed by atoms with E-state index in [1.807, 2.05) is 146 Å². The molecule has 0 aliphatic heterocycles. The molecule has 4 aromatic carbocycles. The minimum atomic E-state index is -1.04. The van der Waals surface area contributed by atoms with Crippen LogP contribution in [0.5, 0.6) is 0 Å². The Morgan fingerprint density at radius 2 is 0.816 bits per heavy atom. The molecule has 2 heterocycles. The number of ether oxygens (including phenoxy) is 4. The maximum absolute atomic E-state index is 12.0. The second-order valence-electron chi connectivity index (χ2n) is 12.1. The summed E-state index contributed by atoms with van der Waals surface area (Å²) in [6.07, 6.45) is 0.617. The van der Waals surface area contributed by atoms with E-state index in [4.69, 9.17) is 18.9 Å². The molecule has 0 spiro atoms. The fraction of sp³-hybridized carbons (Fsp3) is 0.238. The van der Waals surface area contributed by atoms with Crippen LogP contribution in [0.15, 0.2) is 158 Å². The Morgan fingerprint density at radius 3 is 1.22 bits per heavy atom. The summed E-state index contributed by atoms with van der Waals surface area (Å²) < 4.78 is 26.7. The summed E-state index contributed by atoms with van der Waals surface area (Å²) >= 11 is 0. The predicted molar refractivity (Wildman–Crippen MR) is 191 cm³/mol. The van der Waals surface area contributed by atoms with Crippen LogP contribution in [0.3, 0.4) is 0 Å². The van der Waals surface area contributed by atoms with Crippen LogP contribution < -0.4 is 0 Å². The zero-order chi connectivity index (χ0) is 33.5. The van der Waals surface area contributed by atoms with Crippen molar-refractivity contribution in [2.45, 2.75) is 56.8 Å². The monoisotopic (exact) mass is 656 g/mol. The highest BCUT2D eigenvalue weighted by Crippen LogP contribution is 2.34. The summed E-state index contributed by atoms with van der Waals surface area (Å²) in [6.45, 7) is 1.30. The Morgan fingerprint density at radius 1 is 0.429 bits per heavy atom. The lowest BCUT2D eigenvalue weighted by molar-refractivity contribution is -0.190. The fourth-order valence-electron chi connectivity index (χ4n) is 6.05. The number of hydrogen-bond donors (Lipinski definition) is 3. The van der Waals surface area contributed by atoms with E-state index in [9.17, 15) is 5.11 Å². The van der Waals surface area contributed by atoms with Gasteiger partial charge in [-0.05, 0) is 46.5 Å². The molecule has 0 radical (unpaired) electrons. The normalized spacial score (nSPS) is 14.0. The van der Waals surface area contributed by atoms with Crippen LogP contribution in [0.1, 0.15) is 39.6 Å². The topological polar surface area (TPSA) is 88.7 Å². The van der Waals surface area contributed by atoms with Gasteiger partial charge in [0.1, 0.15) is 24.4 Å². The minimum absolute atomic E-state index is 0.0423. The van der Waals surface area contributed by atoms with Crippen molar-refractivity contribution in [2.75, 3.05) is 6.61 Å². The van der Waals surface area contributed by atoms with Gasteiger partial charge in [-0.25, -0.2) is 0 Å². The van der Waals surface area contributed by atoms with Crippen molar-refractivity contribution in [1.82, 2.24) is 9.97 Å². The van der Waals surface area contributed by atoms with Crippen LogP contribution in [-0.2, 0) is 45.4 Å². The van der Waals surface area contributed by atoms with Crippen LogP contribution in [0.4, 0.5) is 0 Å². The van der Waals surface area contributed by atoms with Gasteiger partial charge in [0, 0.05) is 23.8 Å². The molecule has 0 aliphatic carbocycles. The lowest BCUT2D eigenvalue weighted by Crippen LogP contribution is -2.52. The average molecular weight is 657 g/mol. The van der Waals surface area contributed by atoms with Gasteiger partial charge in [-0.15, -0.1) is 0 Å². The minimum Gasteiger partial charge on any atom is -0.388 e. The molecular formula is C42H44N2O5. The molecule has 7 heteroatoms. The van der Waals surface area contributed by atoms with Crippen LogP contribution >= 0.6 is 0 Å². The first-order chi connectivity index (χ1) is 24.2. The van der Waals surface area contributed by atoms with Gasteiger partial charge in [0.25, 0.3) is 0 Å². The third-order valence-corrected chi connectivity index (χ3v) is 8.53. The third-order valence-electron chi connectivity index (χ3n) is 8.53. The number of aliphatic hydroxyl groups is 1. The molecule has 0 bridgehead atoms. The van der Waals surface area contributed by atoms with E-state index >= 15 is 0 Å². The van der Waals surface area contributed by atoms with Crippen molar-refractivity contribution in [3.05, 3.63) is 192 Å². The quantitative estimate of drug-likeness (QED) is 0.0828. The first-order valence-corrected chi connectivity index (χ1v) is 16.8. The van der Waals surface area contributed by atoms with Gasteiger partial charge in [0.15, 0.2) is 0 Å². The average Bonchev–Trinajstić information content (AvgIpc) is 3.89. The summed E-state index contributed by atoms with van der Waals surface area (Å²) in [4.78, 5) is 6.86. The van der Waals surface area contributed by atoms with Gasteiger partial charge in [0.2, 0.25) is 0 Å². The Balaban J connectivity index is 1.38. The van der Waals surface area contributed by atoms with E-state index < -0.39 is 24.4 Å². The number of nitrogens with one attached hydrogen (secondary N) is 2. The van der Waals surface area contributed by atoms with Gasteiger partial charge in [-0.2, -0.15) is 0 Å². The van der Waals surface area contributed by atoms with Crippen molar-refractivity contribution >= 4 is 0 Å². The molecule has 2 aromatic heterocycles. The van der Waals surface area contributed by atoms with Crippen molar-refractivity contribution in [3.63, 3.8) is 0 Å². The fourth-order valence-corrected chi connectivity index (χ4v) is 6.05. The molecule has 252 valence electrons. The van der Waals surface area contributed by atoms with E-state index in [1.165, 1.54) is 0 Å². The molecule has 6 rings (SSSR count). The van der Waals surface area contributed by atoms with Crippen molar-refractivity contribution in [1.29, 1.82) is 0 Å². The summed E-state index contributed by atoms with van der Waals surface area (Å²) in [6, 6.07) is 48.1. The Bertz CT molecular complexity index is 1680. The maximum atomic E-state index is 12.0. The molecule has 0 aliphatic rings. The van der Waals surface area contributed by atoms with Crippen LogP contribution in [0, 0.1) is 0 Å². The molecule has 0 amide bonds. The Hall–Kier alpha value is -4.76. The third kappa shape index (κ3) is 9.89. The second-order valence-corrected chi connectivity index (χ2v) is 12.1. The zero-order valence-corrected chi connectivity index (χ0v) is 27.5. The lowest BCUT2D eigenvalue weighted by Gasteiger charge is -2.39. The highest BCUT2D eigenvalue weighted by molar-refractivity contribution is 5.27. The lowest BCUT2D eigenvalue weighted by atomic mass is 9.87. The largest absolute Gasteiger partial charge is 0.388 e. The maximum Gasteiger partial charge on any atom is 0.115 e. The summed E-state index contributed by atoms with van der Waals surface area (Å²) in [5, 5.41) is 12.0. The van der Waals surface area contributed by atoms with E-state index in [2.05, 4.69) is 22.1 Å². The first kappa shape index (κ1) is 34.1. The molecule has 0 fully saturated rings. The van der Waals surface area contributed by atoms with Crippen LogP contribution in [-0.4, -0.2) is 46.1 Å². The molecule has 7 nitrogen and oxygen atoms in total. The SMILES string of the molecule is O[C@H](COCc1ccccc1)[C@@H](OCc1ccccc1)[C@H](OCc1ccccc1)[C@@H](OCc1ccccc1)C(c1ccc[nH]1)c1ccc[nH]1. The van der Waals surface area contributed by atoms with E-state index in [1.54, 1.807) is 0 Å². The molecule has 0 unspecified atom stereocenters. The Kier molecular flexibility index (Phi) is 12.6. The summed E-state index contributed by atoms with van der Waals surface area (Å²) in [5.74, 6) is -0.310. The van der Waals surface area contributed by atoms with E-state index in [0.717, 1.165) is 33.6 Å². The highest BCUT2D eigenvalue weighted by atomic mass is 16.6. The van der Waals surface area contributed by atoms with E-state index in [-0.39, 0.29) is 19.1 Å². The van der Waals surface area contributed by atoms with Crippen LogP contribution in [0.2, 0.25) is 0 Å². The number of rotatable bonds is 19. The van der Waals surface area contributed by atoms with Gasteiger partial charge in [-0.1, -0.05) is 121 Å². The number of hydrogen-bond acceptors (Lipinski definition) is 5. The predicted octanol–water partition coefficient (Wildman–Crippen LogP) is 7.81. The highest BCUT2D eigenvalue weighted by Gasteiger charge is 2.43. The smallest absolute Gasteiger partial charge is 0.115 e. The standard InChI is InChI=1S/C42H44N2O5/c45-38(31-46-27-32-15-5-1-6-16-32)40(47-28-33-17-7-2-8-18-33)42(49-30-35-21-11-4-12-22-35)41(48-29-34-19-9-3-10-20-34)39(36-23-13-25-43-36)37-24-14-26-44-37/h1-26,38-45H,27-31H2/t38-,40-,41+,42+/m1/s1. The van der Waals surface area contributed by atoms with Crippen molar-refractivity contribution in [3.8, 4) is 0 Å². The summed E-state index contributed by atoms with van der Waals surface area (Å²) in [5.41, 5.74) is 5.94. The van der Waals surface area contributed by atoms with Gasteiger partial charge in [-0.3, -0.25) is 0 Å². The number of aromatic nitrogens is 2. The number of H-pyrrole nitrogens is 2. The number of aromatic amines is 2. The van der Waals surface area contributed by atoms with Crippen molar-refractivity contribution in [2.24, 2.45) is 0 Å². The molecule has 0 saturated carbocycles. The zero-order valence-electron chi connectivity index (χ0n) is 27.5. The first-order valence-electron chi connectivity index (χ1n) is 16.8. The molecule has 3 N–H and O–H groups in total. The van der Waals surface area contributed by atoms with E-state index in [0.29, 0.717) is 19.8 Å². The molecular weight excluding hydrogens is 612 g/mol. The van der Waals surface area contributed by atoms with Gasteiger partial charge < -0.3 is 34.0 Å². The molecule has 49 heavy (non-hydrogen) atoms. The van der Waals surface area contributed by atoms with Crippen molar-refractivity contribution < 1.29 is 24.1 Å². The molecule has 6 aromatic rings. The summed E-state index contributed by atoms with van der Waals surface area (Å²) in [7, 11) is 0. The Labute approximate surface area is 288 Å². The van der Waals surface area contributed by atoms with Crippen LogP contribution in [0.25, 0.3) is 0 Å². The molecule has 0 saturated heterocycles. The van der Waals surface area contributed by atoms with Gasteiger partial charge >= 0.3 is 0 Å². The number of aliphatic hydroxyl groups excluding tert-OH is 1. The molecule has 4 atom stereocenters. The number of benzene rings is 4.